The van der Waals surface area contributed by atoms with Crippen LogP contribution in [0.4, 0.5) is 0 Å². The average Bonchev–Trinajstić information content (AvgIpc) is 2.85. The maximum absolute atomic E-state index is 9.50. The Bertz CT molecular complexity index is 315. The van der Waals surface area contributed by atoms with E-state index in [-0.39, 0.29) is 5.41 Å². The molecule has 15 heavy (non-hydrogen) atoms. The molecule has 0 radical (unpaired) electrons. The first-order valence-corrected chi connectivity index (χ1v) is 6.64. The van der Waals surface area contributed by atoms with Crippen LogP contribution in [0, 0.1) is 12.3 Å². The molecule has 1 aromatic heterocycles. The van der Waals surface area contributed by atoms with Crippen molar-refractivity contribution in [1.29, 1.82) is 0 Å². The molecule has 1 aliphatic carbocycles. The topological polar surface area (TPSA) is 33.1 Å². The van der Waals surface area contributed by atoms with Crippen molar-refractivity contribution >= 4 is 11.3 Å². The van der Waals surface area contributed by atoms with E-state index in [1.165, 1.54) is 36.3 Å². The summed E-state index contributed by atoms with van der Waals surface area (Å²) < 4.78 is 0. The van der Waals surface area contributed by atoms with Gasteiger partial charge in [0.15, 0.2) is 0 Å². The lowest BCUT2D eigenvalue weighted by Gasteiger charge is -2.26. The molecule has 1 N–H and O–H groups in total. The van der Waals surface area contributed by atoms with E-state index in [1.807, 2.05) is 5.51 Å². The van der Waals surface area contributed by atoms with E-state index in [9.17, 15) is 5.11 Å². The van der Waals surface area contributed by atoms with E-state index in [0.29, 0.717) is 6.61 Å². The fraction of sp³-hybridized carbons (Fsp3) is 0.750. The number of aliphatic hydroxyl groups excluding tert-OH is 1. The number of hydrogen-bond donors (Lipinski definition) is 1. The molecule has 3 heteroatoms. The van der Waals surface area contributed by atoms with Gasteiger partial charge in [0.05, 0.1) is 11.2 Å². The Labute approximate surface area is 95.4 Å². The third-order valence-corrected chi connectivity index (χ3v) is 4.72. The van der Waals surface area contributed by atoms with Crippen LogP contribution in [0.2, 0.25) is 0 Å². The van der Waals surface area contributed by atoms with Crippen LogP contribution in [0.1, 0.15) is 42.7 Å². The minimum absolute atomic E-state index is 0.233. The number of thiazole rings is 1. The van der Waals surface area contributed by atoms with Gasteiger partial charge in [-0.25, -0.2) is 4.98 Å². The highest BCUT2D eigenvalue weighted by Gasteiger charge is 2.32. The van der Waals surface area contributed by atoms with Gasteiger partial charge in [0, 0.05) is 11.5 Å². The largest absolute Gasteiger partial charge is 0.396 e. The Kier molecular flexibility index (Phi) is 3.42. The standard InChI is InChI=1S/C12H19NOS/c1-10-11(15-9-13-10)4-7-12(8-14)5-2-3-6-12/h9,14H,2-8H2,1H3. The van der Waals surface area contributed by atoms with Crippen molar-refractivity contribution in [3.8, 4) is 0 Å². The van der Waals surface area contributed by atoms with Gasteiger partial charge < -0.3 is 5.11 Å². The molecular weight excluding hydrogens is 206 g/mol. The summed E-state index contributed by atoms with van der Waals surface area (Å²) in [4.78, 5) is 5.66. The first-order valence-electron chi connectivity index (χ1n) is 5.76. The summed E-state index contributed by atoms with van der Waals surface area (Å²) in [6.45, 7) is 2.44. The number of aryl methyl sites for hydroxylation is 2. The number of aromatic nitrogens is 1. The van der Waals surface area contributed by atoms with Crippen LogP contribution in [0.15, 0.2) is 5.51 Å². The maximum atomic E-state index is 9.50. The van der Waals surface area contributed by atoms with E-state index in [4.69, 9.17) is 0 Å². The fourth-order valence-corrected chi connectivity index (χ4v) is 3.34. The van der Waals surface area contributed by atoms with Crippen molar-refractivity contribution in [1.82, 2.24) is 4.98 Å². The van der Waals surface area contributed by atoms with Crippen molar-refractivity contribution in [3.05, 3.63) is 16.1 Å². The summed E-state index contributed by atoms with van der Waals surface area (Å²) in [7, 11) is 0. The first kappa shape index (κ1) is 11.1. The van der Waals surface area contributed by atoms with E-state index in [2.05, 4.69) is 11.9 Å². The second-order valence-electron chi connectivity index (χ2n) is 4.73. The highest BCUT2D eigenvalue weighted by atomic mass is 32.1. The summed E-state index contributed by atoms with van der Waals surface area (Å²) in [5, 5.41) is 9.50. The van der Waals surface area contributed by atoms with Crippen molar-refractivity contribution in [3.63, 3.8) is 0 Å². The Morgan fingerprint density at radius 3 is 2.73 bits per heavy atom. The summed E-state index contributed by atoms with van der Waals surface area (Å²) in [6, 6.07) is 0. The van der Waals surface area contributed by atoms with Gasteiger partial charge in [0.1, 0.15) is 0 Å². The number of nitrogens with zero attached hydrogens (tertiary/aromatic N) is 1. The van der Waals surface area contributed by atoms with Crippen molar-refractivity contribution in [2.45, 2.75) is 45.4 Å². The monoisotopic (exact) mass is 225 g/mol. The molecule has 1 heterocycles. The van der Waals surface area contributed by atoms with Crippen LogP contribution < -0.4 is 0 Å². The highest BCUT2D eigenvalue weighted by Crippen LogP contribution is 2.41. The lowest BCUT2D eigenvalue weighted by molar-refractivity contribution is 0.121. The zero-order valence-corrected chi connectivity index (χ0v) is 10.1. The SMILES string of the molecule is Cc1ncsc1CCC1(CO)CCCC1. The molecule has 0 amide bonds. The molecule has 1 aliphatic rings. The van der Waals surface area contributed by atoms with Gasteiger partial charge in [0.25, 0.3) is 0 Å². The van der Waals surface area contributed by atoms with Gasteiger partial charge in [0.2, 0.25) is 0 Å². The zero-order chi connectivity index (χ0) is 10.7. The lowest BCUT2D eigenvalue weighted by atomic mass is 9.82. The van der Waals surface area contributed by atoms with Gasteiger partial charge in [-0.2, -0.15) is 0 Å². The minimum Gasteiger partial charge on any atom is -0.396 e. The van der Waals surface area contributed by atoms with Crippen molar-refractivity contribution < 1.29 is 5.11 Å². The van der Waals surface area contributed by atoms with E-state index in [1.54, 1.807) is 11.3 Å². The predicted molar refractivity (Wildman–Crippen MR) is 63.2 cm³/mol. The Morgan fingerprint density at radius 2 is 2.20 bits per heavy atom. The summed E-state index contributed by atoms with van der Waals surface area (Å²) >= 11 is 1.75. The second kappa shape index (κ2) is 4.62. The number of aliphatic hydroxyl groups is 1. The maximum Gasteiger partial charge on any atom is 0.0797 e. The Morgan fingerprint density at radius 1 is 1.47 bits per heavy atom. The van der Waals surface area contributed by atoms with Gasteiger partial charge in [-0.1, -0.05) is 12.8 Å². The molecule has 0 aromatic carbocycles. The molecule has 84 valence electrons. The molecule has 0 atom stereocenters. The van der Waals surface area contributed by atoms with E-state index < -0.39 is 0 Å². The summed E-state index contributed by atoms with van der Waals surface area (Å²) in [6.07, 6.45) is 7.23. The van der Waals surface area contributed by atoms with Crippen LogP contribution in [0.25, 0.3) is 0 Å². The Hall–Kier alpha value is -0.410. The molecule has 0 bridgehead atoms. The molecular formula is C12H19NOS. The third kappa shape index (κ3) is 2.40. The van der Waals surface area contributed by atoms with Gasteiger partial charge in [-0.05, 0) is 38.0 Å². The Balaban J connectivity index is 1.94. The van der Waals surface area contributed by atoms with Crippen LogP contribution >= 0.6 is 11.3 Å². The number of hydrogen-bond acceptors (Lipinski definition) is 3. The molecule has 0 unspecified atom stereocenters. The van der Waals surface area contributed by atoms with Gasteiger partial charge >= 0.3 is 0 Å². The molecule has 0 spiro atoms. The van der Waals surface area contributed by atoms with Crippen LogP contribution in [0.3, 0.4) is 0 Å². The predicted octanol–water partition coefficient (Wildman–Crippen LogP) is 2.94. The van der Waals surface area contributed by atoms with Crippen LogP contribution in [-0.2, 0) is 6.42 Å². The van der Waals surface area contributed by atoms with Gasteiger partial charge in [-0.15, -0.1) is 11.3 Å². The third-order valence-electron chi connectivity index (χ3n) is 3.73. The van der Waals surface area contributed by atoms with Gasteiger partial charge in [-0.3, -0.25) is 0 Å². The van der Waals surface area contributed by atoms with Crippen molar-refractivity contribution in [2.75, 3.05) is 6.61 Å². The summed E-state index contributed by atoms with van der Waals surface area (Å²) in [5.41, 5.74) is 3.33. The summed E-state index contributed by atoms with van der Waals surface area (Å²) in [5.74, 6) is 0. The molecule has 0 saturated heterocycles. The van der Waals surface area contributed by atoms with Crippen LogP contribution in [0.5, 0.6) is 0 Å². The number of rotatable bonds is 4. The zero-order valence-electron chi connectivity index (χ0n) is 9.33. The lowest BCUT2D eigenvalue weighted by Crippen LogP contribution is -2.22. The molecule has 1 aromatic rings. The molecule has 0 aliphatic heterocycles. The van der Waals surface area contributed by atoms with E-state index >= 15 is 0 Å². The van der Waals surface area contributed by atoms with E-state index in [0.717, 1.165) is 12.8 Å². The second-order valence-corrected chi connectivity index (χ2v) is 5.67. The quantitative estimate of drug-likeness (QED) is 0.854. The average molecular weight is 225 g/mol. The fourth-order valence-electron chi connectivity index (χ4n) is 2.56. The first-order chi connectivity index (χ1) is 7.26. The minimum atomic E-state index is 0.233. The molecule has 2 nitrogen and oxygen atoms in total. The molecule has 1 fully saturated rings. The smallest absolute Gasteiger partial charge is 0.0797 e. The molecule has 1 saturated carbocycles. The van der Waals surface area contributed by atoms with Crippen molar-refractivity contribution in [2.24, 2.45) is 5.41 Å². The van der Waals surface area contributed by atoms with Crippen LogP contribution in [-0.4, -0.2) is 16.7 Å². The molecule has 2 rings (SSSR count). The normalized spacial score (nSPS) is 19.6. The highest BCUT2D eigenvalue weighted by molar-refractivity contribution is 7.09.